The number of allylic oxidation sites excluding steroid dienone is 2. The van der Waals surface area contributed by atoms with E-state index >= 15 is 0 Å². The minimum atomic E-state index is -0.188. The molecule has 4 rings (SSSR count). The molecule has 0 radical (unpaired) electrons. The lowest BCUT2D eigenvalue weighted by molar-refractivity contribution is -0.121. The van der Waals surface area contributed by atoms with Gasteiger partial charge in [-0.3, -0.25) is 14.5 Å². The van der Waals surface area contributed by atoms with E-state index in [9.17, 15) is 9.59 Å². The summed E-state index contributed by atoms with van der Waals surface area (Å²) in [6, 6.07) is 15.5. The molecule has 0 saturated carbocycles. The van der Waals surface area contributed by atoms with Crippen molar-refractivity contribution in [1.82, 2.24) is 0 Å². The Bertz CT molecular complexity index is 1010. The number of anilines is 1. The molecule has 1 unspecified atom stereocenters. The van der Waals surface area contributed by atoms with Crippen LogP contribution in [0, 0.1) is 5.41 Å². The smallest absolute Gasteiger partial charge is 0.232 e. The van der Waals surface area contributed by atoms with E-state index < -0.39 is 0 Å². The van der Waals surface area contributed by atoms with E-state index in [2.05, 4.69) is 38.1 Å². The quantitative estimate of drug-likeness (QED) is 0.547. The summed E-state index contributed by atoms with van der Waals surface area (Å²) in [5.74, 6) is -0.0300. The van der Waals surface area contributed by atoms with Crippen molar-refractivity contribution >= 4 is 40.7 Å². The van der Waals surface area contributed by atoms with Gasteiger partial charge in [0.05, 0.1) is 5.69 Å². The zero-order valence-corrected chi connectivity index (χ0v) is 18.4. The van der Waals surface area contributed by atoms with Crippen molar-refractivity contribution in [1.29, 1.82) is 0 Å². The number of amides is 1. The Hall–Kier alpha value is -2.04. The summed E-state index contributed by atoms with van der Waals surface area (Å²) >= 11 is 7.88. The van der Waals surface area contributed by atoms with Gasteiger partial charge in [0.15, 0.2) is 5.78 Å². The lowest BCUT2D eigenvalue weighted by Gasteiger charge is -2.43. The van der Waals surface area contributed by atoms with Crippen LogP contribution in [0.3, 0.4) is 0 Å². The summed E-state index contributed by atoms with van der Waals surface area (Å²) in [6.07, 6.45) is 3.51. The first-order chi connectivity index (χ1) is 13.8. The van der Waals surface area contributed by atoms with Gasteiger partial charge in [-0.05, 0) is 54.0 Å². The minimum absolute atomic E-state index is 0.00968. The Morgan fingerprint density at radius 2 is 1.79 bits per heavy atom. The van der Waals surface area contributed by atoms with Gasteiger partial charge in [-0.25, -0.2) is 0 Å². The van der Waals surface area contributed by atoms with Crippen molar-refractivity contribution < 1.29 is 9.59 Å². The number of ketones is 1. The third kappa shape index (κ3) is 3.88. The summed E-state index contributed by atoms with van der Waals surface area (Å²) in [4.78, 5) is 29.5. The molecule has 0 spiro atoms. The third-order valence-corrected chi connectivity index (χ3v) is 6.71. The second-order valence-electron chi connectivity index (χ2n) is 8.54. The zero-order valence-electron chi connectivity index (χ0n) is 16.9. The predicted molar refractivity (Wildman–Crippen MR) is 120 cm³/mol. The number of rotatable bonds is 3. The molecule has 0 aromatic heterocycles. The summed E-state index contributed by atoms with van der Waals surface area (Å²) in [7, 11) is 0. The normalized spacial score (nSPS) is 21.4. The molecule has 1 amide bonds. The van der Waals surface area contributed by atoms with Gasteiger partial charge in [0.1, 0.15) is 0 Å². The molecular formula is C24H24ClNO2S. The molecule has 0 bridgehead atoms. The number of benzene rings is 2. The first-order valence-corrected chi connectivity index (χ1v) is 11.4. The van der Waals surface area contributed by atoms with Gasteiger partial charge < -0.3 is 0 Å². The van der Waals surface area contributed by atoms with Gasteiger partial charge in [-0.1, -0.05) is 43.6 Å². The number of carbonyl (C=O) groups excluding carboxylic acids is 2. The second-order valence-corrected chi connectivity index (χ2v) is 9.86. The molecule has 3 nitrogen and oxygen atoms in total. The molecule has 2 aliphatic rings. The van der Waals surface area contributed by atoms with Crippen LogP contribution in [0.5, 0.6) is 0 Å². The van der Waals surface area contributed by atoms with Crippen LogP contribution in [-0.4, -0.2) is 17.9 Å². The van der Waals surface area contributed by atoms with E-state index in [-0.39, 0.29) is 29.4 Å². The fourth-order valence-electron chi connectivity index (χ4n) is 4.45. The number of Topliss-reactive ketones (excluding diaryl/α,β-unsaturated/α-hetero) is 1. The lowest BCUT2D eigenvalue weighted by Crippen LogP contribution is -2.43. The minimum Gasteiger partial charge on any atom is -0.294 e. The van der Waals surface area contributed by atoms with Crippen molar-refractivity contribution in [2.45, 2.75) is 43.9 Å². The number of hydrogen-bond donors (Lipinski definition) is 0. The highest BCUT2D eigenvalue weighted by molar-refractivity contribution is 7.98. The Balaban J connectivity index is 1.87. The average molecular weight is 426 g/mol. The molecule has 0 fully saturated rings. The van der Waals surface area contributed by atoms with Crippen LogP contribution in [0.4, 0.5) is 5.69 Å². The molecule has 2 aromatic rings. The van der Waals surface area contributed by atoms with Gasteiger partial charge in [-0.2, -0.15) is 0 Å². The molecule has 1 aliphatic carbocycles. The molecule has 29 heavy (non-hydrogen) atoms. The van der Waals surface area contributed by atoms with Crippen LogP contribution in [0.25, 0.3) is 0 Å². The number of thioether (sulfide) groups is 1. The predicted octanol–water partition coefficient (Wildman–Crippen LogP) is 6.23. The average Bonchev–Trinajstić information content (AvgIpc) is 2.66. The van der Waals surface area contributed by atoms with Crippen molar-refractivity contribution in [3.8, 4) is 0 Å². The van der Waals surface area contributed by atoms with Crippen molar-refractivity contribution in [2.24, 2.45) is 5.41 Å². The van der Waals surface area contributed by atoms with Gasteiger partial charge in [-0.15, -0.1) is 11.8 Å². The summed E-state index contributed by atoms with van der Waals surface area (Å²) in [6.45, 7) is 4.18. The van der Waals surface area contributed by atoms with Crippen LogP contribution in [0.2, 0.25) is 5.02 Å². The van der Waals surface area contributed by atoms with Crippen molar-refractivity contribution in [3.63, 3.8) is 0 Å². The maximum absolute atomic E-state index is 13.3. The van der Waals surface area contributed by atoms with E-state index in [1.165, 1.54) is 4.90 Å². The van der Waals surface area contributed by atoms with E-state index in [0.29, 0.717) is 17.9 Å². The summed E-state index contributed by atoms with van der Waals surface area (Å²) < 4.78 is 0. The van der Waals surface area contributed by atoms with Gasteiger partial charge in [0.2, 0.25) is 5.91 Å². The number of nitrogens with zero attached hydrogens (tertiary/aromatic N) is 1. The van der Waals surface area contributed by atoms with E-state index in [4.69, 9.17) is 11.6 Å². The largest absolute Gasteiger partial charge is 0.294 e. The van der Waals surface area contributed by atoms with Crippen LogP contribution in [0.1, 0.15) is 44.6 Å². The Morgan fingerprint density at radius 3 is 2.45 bits per heavy atom. The van der Waals surface area contributed by atoms with Crippen LogP contribution < -0.4 is 4.90 Å². The topological polar surface area (TPSA) is 37.4 Å². The van der Waals surface area contributed by atoms with Gasteiger partial charge >= 0.3 is 0 Å². The molecule has 1 aliphatic heterocycles. The molecule has 1 atom stereocenters. The highest BCUT2D eigenvalue weighted by Crippen LogP contribution is 2.48. The molecule has 5 heteroatoms. The van der Waals surface area contributed by atoms with E-state index in [1.807, 2.05) is 18.4 Å². The third-order valence-electron chi connectivity index (χ3n) is 5.73. The number of halogens is 1. The molecular weight excluding hydrogens is 402 g/mol. The molecule has 0 saturated heterocycles. The van der Waals surface area contributed by atoms with Gasteiger partial charge in [0, 0.05) is 39.9 Å². The highest BCUT2D eigenvalue weighted by atomic mass is 35.5. The maximum Gasteiger partial charge on any atom is 0.232 e. The van der Waals surface area contributed by atoms with Crippen LogP contribution >= 0.6 is 23.4 Å². The maximum atomic E-state index is 13.3. The monoisotopic (exact) mass is 425 g/mol. The Kier molecular flexibility index (Phi) is 5.34. The number of hydrogen-bond acceptors (Lipinski definition) is 3. The van der Waals surface area contributed by atoms with E-state index in [1.54, 1.807) is 28.8 Å². The van der Waals surface area contributed by atoms with Gasteiger partial charge in [0.25, 0.3) is 0 Å². The zero-order chi connectivity index (χ0) is 20.8. The molecule has 1 heterocycles. The standard InChI is InChI=1S/C24H24ClNO2S/c1-24(2)13-20-23(21(27)14-24)19(15-7-9-18(29-3)10-8-15)12-22(28)26(20)17-6-4-5-16(25)11-17/h4-11,19H,12-14H2,1-3H3. The molecule has 0 N–H and O–H groups in total. The SMILES string of the molecule is CSc1ccc(C2CC(=O)N(c3cccc(Cl)c3)C3=C2C(=O)CC(C)(C)C3)cc1. The second kappa shape index (κ2) is 7.66. The number of carbonyl (C=O) groups is 2. The lowest BCUT2D eigenvalue weighted by atomic mass is 9.69. The van der Waals surface area contributed by atoms with Crippen molar-refractivity contribution in [3.05, 3.63) is 70.4 Å². The highest BCUT2D eigenvalue weighted by Gasteiger charge is 2.44. The van der Waals surface area contributed by atoms with Crippen LogP contribution in [-0.2, 0) is 9.59 Å². The summed E-state index contributed by atoms with van der Waals surface area (Å²) in [5, 5.41) is 0.577. The fourth-order valence-corrected chi connectivity index (χ4v) is 5.04. The molecule has 2 aromatic carbocycles. The first kappa shape index (κ1) is 20.2. The van der Waals surface area contributed by atoms with Crippen molar-refractivity contribution in [2.75, 3.05) is 11.2 Å². The van der Waals surface area contributed by atoms with E-state index in [0.717, 1.165) is 22.5 Å². The van der Waals surface area contributed by atoms with Crippen LogP contribution in [0.15, 0.2) is 64.7 Å². The fraction of sp³-hybridized carbons (Fsp3) is 0.333. The first-order valence-electron chi connectivity index (χ1n) is 9.78. The molecule has 150 valence electrons. The Morgan fingerprint density at radius 1 is 1.07 bits per heavy atom. The summed E-state index contributed by atoms with van der Waals surface area (Å²) in [5.41, 5.74) is 3.21. The Labute approximate surface area is 181 Å².